The topological polar surface area (TPSA) is 22.4 Å². The number of furan rings is 1. The summed E-state index contributed by atoms with van der Waals surface area (Å²) in [7, 11) is 0. The molecule has 2 nitrogen and oxygen atoms in total. The van der Waals surface area contributed by atoms with Crippen molar-refractivity contribution in [3.8, 4) is 17.1 Å². The first-order chi connectivity index (χ1) is 7.66. The summed E-state index contributed by atoms with van der Waals surface area (Å²) in [6.45, 7) is -0.963. The van der Waals surface area contributed by atoms with Crippen molar-refractivity contribution in [3.63, 3.8) is 0 Å². The number of hydrogen-bond donors (Lipinski definition) is 0. The van der Waals surface area contributed by atoms with Crippen LogP contribution in [0.25, 0.3) is 11.3 Å². The van der Waals surface area contributed by atoms with Gasteiger partial charge in [-0.2, -0.15) is 8.78 Å². The molecule has 0 N–H and O–H groups in total. The van der Waals surface area contributed by atoms with Gasteiger partial charge in [0.25, 0.3) is 0 Å². The second kappa shape index (κ2) is 4.35. The molecule has 0 bridgehead atoms. The Labute approximate surface area is 91.5 Å². The lowest BCUT2D eigenvalue weighted by atomic mass is 10.1. The van der Waals surface area contributed by atoms with Crippen LogP contribution in [0.2, 0.25) is 0 Å². The van der Waals surface area contributed by atoms with Crippen LogP contribution in [0.4, 0.5) is 8.78 Å². The van der Waals surface area contributed by atoms with Crippen LogP contribution < -0.4 is 4.74 Å². The van der Waals surface area contributed by atoms with Crippen molar-refractivity contribution in [2.24, 2.45) is 0 Å². The van der Waals surface area contributed by atoms with Crippen LogP contribution in [-0.2, 0) is 0 Å². The number of rotatable bonds is 3. The standard InChI is InChI=1S/C12H10F2O2/c1-8-4-5-11(16-12(13)14)9(7-8)10-3-2-6-15-10/h2-7,12H,1H3. The molecule has 1 heterocycles. The van der Waals surface area contributed by atoms with Crippen molar-refractivity contribution in [2.75, 3.05) is 0 Å². The average molecular weight is 224 g/mol. The maximum Gasteiger partial charge on any atom is 0.387 e. The normalized spacial score (nSPS) is 10.8. The third kappa shape index (κ3) is 2.21. The summed E-state index contributed by atoms with van der Waals surface area (Å²) in [4.78, 5) is 0. The quantitative estimate of drug-likeness (QED) is 0.789. The minimum Gasteiger partial charge on any atom is -0.464 e. The first-order valence-electron chi connectivity index (χ1n) is 4.76. The SMILES string of the molecule is Cc1ccc(OC(F)F)c(-c2ccco2)c1. The molecule has 0 aliphatic heterocycles. The zero-order valence-electron chi connectivity index (χ0n) is 8.61. The highest BCUT2D eigenvalue weighted by molar-refractivity contribution is 5.66. The fourth-order valence-electron chi connectivity index (χ4n) is 1.47. The Morgan fingerprint density at radius 2 is 2.06 bits per heavy atom. The zero-order chi connectivity index (χ0) is 11.5. The molecular weight excluding hydrogens is 214 g/mol. The highest BCUT2D eigenvalue weighted by atomic mass is 19.3. The van der Waals surface area contributed by atoms with Crippen LogP contribution in [0, 0.1) is 6.92 Å². The van der Waals surface area contributed by atoms with Crippen molar-refractivity contribution in [3.05, 3.63) is 42.2 Å². The summed E-state index contributed by atoms with van der Waals surface area (Å²) in [6, 6.07) is 8.37. The lowest BCUT2D eigenvalue weighted by Crippen LogP contribution is -2.03. The van der Waals surface area contributed by atoms with Gasteiger partial charge in [0.05, 0.1) is 11.8 Å². The van der Waals surface area contributed by atoms with Crippen LogP contribution in [0.5, 0.6) is 5.75 Å². The van der Waals surface area contributed by atoms with Gasteiger partial charge >= 0.3 is 6.61 Å². The number of alkyl halides is 2. The molecule has 1 aromatic heterocycles. The number of ether oxygens (including phenoxy) is 1. The highest BCUT2D eigenvalue weighted by Gasteiger charge is 2.12. The Morgan fingerprint density at radius 3 is 2.69 bits per heavy atom. The predicted molar refractivity (Wildman–Crippen MR) is 55.5 cm³/mol. The second-order valence-corrected chi connectivity index (χ2v) is 3.36. The fourth-order valence-corrected chi connectivity index (χ4v) is 1.47. The van der Waals surface area contributed by atoms with Gasteiger partial charge in [0, 0.05) is 0 Å². The van der Waals surface area contributed by atoms with Gasteiger partial charge in [0.15, 0.2) is 0 Å². The first kappa shape index (κ1) is 10.7. The number of halogens is 2. The summed E-state index contributed by atoms with van der Waals surface area (Å²) in [6.07, 6.45) is 1.49. The molecule has 0 atom stereocenters. The van der Waals surface area contributed by atoms with Gasteiger partial charge in [-0.15, -0.1) is 0 Å². The number of benzene rings is 1. The molecule has 84 valence electrons. The van der Waals surface area contributed by atoms with E-state index in [1.54, 1.807) is 24.3 Å². The van der Waals surface area contributed by atoms with E-state index in [4.69, 9.17) is 4.42 Å². The zero-order valence-corrected chi connectivity index (χ0v) is 8.61. The summed E-state index contributed by atoms with van der Waals surface area (Å²) in [5.74, 6) is 0.634. The predicted octanol–water partition coefficient (Wildman–Crippen LogP) is 3.86. The maximum atomic E-state index is 12.2. The summed E-state index contributed by atoms with van der Waals surface area (Å²) in [5, 5.41) is 0. The van der Waals surface area contributed by atoms with Gasteiger partial charge in [-0.1, -0.05) is 11.6 Å². The molecule has 0 radical (unpaired) electrons. The van der Waals surface area contributed by atoms with E-state index < -0.39 is 6.61 Å². The van der Waals surface area contributed by atoms with Gasteiger partial charge in [0.1, 0.15) is 11.5 Å². The van der Waals surface area contributed by atoms with Gasteiger partial charge < -0.3 is 9.15 Å². The van der Waals surface area contributed by atoms with E-state index in [0.717, 1.165) is 5.56 Å². The smallest absolute Gasteiger partial charge is 0.387 e. The summed E-state index contributed by atoms with van der Waals surface area (Å²) >= 11 is 0. The molecule has 2 aromatic rings. The second-order valence-electron chi connectivity index (χ2n) is 3.36. The maximum absolute atomic E-state index is 12.2. The molecule has 4 heteroatoms. The van der Waals surface area contributed by atoms with Gasteiger partial charge in [-0.05, 0) is 31.2 Å². The Kier molecular flexibility index (Phi) is 2.90. The van der Waals surface area contributed by atoms with Gasteiger partial charge in [-0.3, -0.25) is 0 Å². The van der Waals surface area contributed by atoms with E-state index in [0.29, 0.717) is 11.3 Å². The van der Waals surface area contributed by atoms with Crippen molar-refractivity contribution in [1.82, 2.24) is 0 Å². The molecule has 2 rings (SSSR count). The van der Waals surface area contributed by atoms with E-state index in [1.165, 1.54) is 12.3 Å². The summed E-state index contributed by atoms with van der Waals surface area (Å²) < 4.78 is 34.0. The largest absolute Gasteiger partial charge is 0.464 e. The Balaban J connectivity index is 2.45. The van der Waals surface area contributed by atoms with Crippen molar-refractivity contribution >= 4 is 0 Å². The van der Waals surface area contributed by atoms with Gasteiger partial charge in [-0.25, -0.2) is 0 Å². The Bertz CT molecular complexity index is 464. The molecule has 0 amide bonds. The van der Waals surface area contributed by atoms with E-state index in [1.807, 2.05) is 6.92 Å². The minimum atomic E-state index is -2.84. The fraction of sp³-hybridized carbons (Fsp3) is 0.167. The molecule has 0 spiro atoms. The van der Waals surface area contributed by atoms with Crippen molar-refractivity contribution in [1.29, 1.82) is 0 Å². The van der Waals surface area contributed by atoms with Crippen LogP contribution in [0.15, 0.2) is 41.0 Å². The van der Waals surface area contributed by atoms with E-state index >= 15 is 0 Å². The first-order valence-corrected chi connectivity index (χ1v) is 4.76. The van der Waals surface area contributed by atoms with E-state index in [9.17, 15) is 8.78 Å². The molecule has 0 saturated carbocycles. The Hall–Kier alpha value is -1.84. The van der Waals surface area contributed by atoms with E-state index in [-0.39, 0.29) is 5.75 Å². The molecule has 0 aliphatic rings. The Morgan fingerprint density at radius 1 is 1.25 bits per heavy atom. The highest BCUT2D eigenvalue weighted by Crippen LogP contribution is 2.32. The minimum absolute atomic E-state index is 0.121. The lowest BCUT2D eigenvalue weighted by Gasteiger charge is -2.09. The molecule has 0 saturated heterocycles. The molecule has 0 unspecified atom stereocenters. The molecule has 1 aromatic carbocycles. The van der Waals surface area contributed by atoms with Crippen LogP contribution in [-0.4, -0.2) is 6.61 Å². The molecule has 0 fully saturated rings. The monoisotopic (exact) mass is 224 g/mol. The number of hydrogen-bond acceptors (Lipinski definition) is 2. The van der Waals surface area contributed by atoms with Gasteiger partial charge in [0.2, 0.25) is 0 Å². The molecular formula is C12H10F2O2. The van der Waals surface area contributed by atoms with Crippen LogP contribution in [0.3, 0.4) is 0 Å². The van der Waals surface area contributed by atoms with Crippen molar-refractivity contribution in [2.45, 2.75) is 13.5 Å². The average Bonchev–Trinajstić information content (AvgIpc) is 2.73. The third-order valence-corrected chi connectivity index (χ3v) is 2.14. The number of aryl methyl sites for hydroxylation is 1. The van der Waals surface area contributed by atoms with E-state index in [2.05, 4.69) is 4.74 Å². The van der Waals surface area contributed by atoms with Crippen molar-refractivity contribution < 1.29 is 17.9 Å². The lowest BCUT2D eigenvalue weighted by molar-refractivity contribution is -0.0495. The van der Waals surface area contributed by atoms with Crippen LogP contribution >= 0.6 is 0 Å². The van der Waals surface area contributed by atoms with Crippen LogP contribution in [0.1, 0.15) is 5.56 Å². The molecule has 0 aliphatic carbocycles. The summed E-state index contributed by atoms with van der Waals surface area (Å²) in [5.41, 5.74) is 1.48. The third-order valence-electron chi connectivity index (χ3n) is 2.14. The molecule has 16 heavy (non-hydrogen) atoms.